The minimum atomic E-state index is 0.395. The van der Waals surface area contributed by atoms with Crippen LogP contribution in [0.1, 0.15) is 47.5 Å². The van der Waals surface area contributed by atoms with Crippen LogP contribution in [0.3, 0.4) is 0 Å². The largest absolute Gasteiger partial charge is 0.315 e. The molecule has 1 heterocycles. The van der Waals surface area contributed by atoms with Crippen molar-refractivity contribution in [2.24, 2.45) is 11.3 Å². The van der Waals surface area contributed by atoms with Gasteiger partial charge in [0.05, 0.1) is 0 Å². The Morgan fingerprint density at radius 2 is 1.69 bits per heavy atom. The quantitative estimate of drug-likeness (QED) is 0.775. The SMILES string of the molecule is CC(C)C(CNCC(C)(C)C)N1CCCC1. The molecule has 1 rings (SSSR count). The first-order valence-electron chi connectivity index (χ1n) is 6.85. The standard InChI is InChI=1S/C14H30N2/c1-12(2)13(16-8-6-7-9-16)10-15-11-14(3,4)5/h12-13,15H,6-11H2,1-5H3. The summed E-state index contributed by atoms with van der Waals surface area (Å²) in [5.41, 5.74) is 0.395. The number of likely N-dealkylation sites (tertiary alicyclic amines) is 1. The molecule has 1 aliphatic heterocycles. The van der Waals surface area contributed by atoms with Gasteiger partial charge in [0.2, 0.25) is 0 Å². The highest BCUT2D eigenvalue weighted by molar-refractivity contribution is 4.81. The summed E-state index contributed by atoms with van der Waals surface area (Å²) in [5.74, 6) is 0.755. The molecule has 0 aromatic heterocycles. The van der Waals surface area contributed by atoms with Gasteiger partial charge in [-0.25, -0.2) is 0 Å². The third-order valence-electron chi connectivity index (χ3n) is 3.39. The number of hydrogen-bond acceptors (Lipinski definition) is 2. The van der Waals surface area contributed by atoms with Gasteiger partial charge in [-0.05, 0) is 37.3 Å². The molecular weight excluding hydrogens is 196 g/mol. The second-order valence-corrected chi connectivity index (χ2v) is 6.75. The van der Waals surface area contributed by atoms with Gasteiger partial charge in [-0.3, -0.25) is 4.90 Å². The normalized spacial score (nSPS) is 20.6. The lowest BCUT2D eigenvalue weighted by Crippen LogP contribution is -2.45. The molecule has 1 atom stereocenters. The van der Waals surface area contributed by atoms with Crippen molar-refractivity contribution in [3.05, 3.63) is 0 Å². The van der Waals surface area contributed by atoms with Gasteiger partial charge in [-0.2, -0.15) is 0 Å². The summed E-state index contributed by atoms with van der Waals surface area (Å²) >= 11 is 0. The van der Waals surface area contributed by atoms with E-state index in [1.54, 1.807) is 0 Å². The summed E-state index contributed by atoms with van der Waals surface area (Å²) in [7, 11) is 0. The Balaban J connectivity index is 2.33. The van der Waals surface area contributed by atoms with Crippen molar-refractivity contribution < 1.29 is 0 Å². The molecule has 1 fully saturated rings. The Hall–Kier alpha value is -0.0800. The highest BCUT2D eigenvalue weighted by Crippen LogP contribution is 2.17. The maximum Gasteiger partial charge on any atom is 0.0243 e. The summed E-state index contributed by atoms with van der Waals surface area (Å²) in [5, 5.41) is 3.64. The van der Waals surface area contributed by atoms with Crippen molar-refractivity contribution in [3.8, 4) is 0 Å². The second kappa shape index (κ2) is 6.02. The minimum absolute atomic E-state index is 0.395. The van der Waals surface area contributed by atoms with Crippen molar-refractivity contribution in [2.45, 2.75) is 53.5 Å². The lowest BCUT2D eigenvalue weighted by atomic mass is 9.96. The van der Waals surface area contributed by atoms with Gasteiger partial charge >= 0.3 is 0 Å². The lowest BCUT2D eigenvalue weighted by molar-refractivity contribution is 0.181. The molecule has 1 saturated heterocycles. The van der Waals surface area contributed by atoms with E-state index >= 15 is 0 Å². The third kappa shape index (κ3) is 4.84. The summed E-state index contributed by atoms with van der Waals surface area (Å²) in [6, 6.07) is 0.727. The maximum absolute atomic E-state index is 3.64. The Kier molecular flexibility index (Phi) is 5.26. The highest BCUT2D eigenvalue weighted by atomic mass is 15.2. The molecule has 0 aromatic carbocycles. The first kappa shape index (κ1) is 14.0. The number of rotatable bonds is 5. The zero-order valence-corrected chi connectivity index (χ0v) is 11.8. The van der Waals surface area contributed by atoms with E-state index < -0.39 is 0 Å². The molecule has 1 aliphatic rings. The summed E-state index contributed by atoms with van der Waals surface area (Å²) in [4.78, 5) is 2.67. The van der Waals surface area contributed by atoms with Crippen LogP contribution in [0.5, 0.6) is 0 Å². The minimum Gasteiger partial charge on any atom is -0.315 e. The fourth-order valence-electron chi connectivity index (χ4n) is 2.45. The molecular formula is C14H30N2. The van der Waals surface area contributed by atoms with Crippen LogP contribution in [0, 0.1) is 11.3 Å². The molecule has 16 heavy (non-hydrogen) atoms. The average molecular weight is 226 g/mol. The van der Waals surface area contributed by atoms with Gasteiger partial charge in [-0.1, -0.05) is 34.6 Å². The molecule has 96 valence electrons. The van der Waals surface area contributed by atoms with Gasteiger partial charge < -0.3 is 5.32 Å². The molecule has 0 spiro atoms. The van der Waals surface area contributed by atoms with E-state index in [9.17, 15) is 0 Å². The summed E-state index contributed by atoms with van der Waals surface area (Å²) in [6.07, 6.45) is 2.78. The van der Waals surface area contributed by atoms with E-state index in [4.69, 9.17) is 0 Å². The molecule has 2 heteroatoms. The fourth-order valence-corrected chi connectivity index (χ4v) is 2.45. The number of nitrogens with zero attached hydrogens (tertiary/aromatic N) is 1. The third-order valence-corrected chi connectivity index (χ3v) is 3.39. The van der Waals surface area contributed by atoms with Crippen molar-refractivity contribution in [2.75, 3.05) is 26.2 Å². The summed E-state index contributed by atoms with van der Waals surface area (Å²) < 4.78 is 0. The lowest BCUT2D eigenvalue weighted by Gasteiger charge is -2.32. The van der Waals surface area contributed by atoms with Crippen LogP contribution < -0.4 is 5.32 Å². The molecule has 0 saturated carbocycles. The fraction of sp³-hybridized carbons (Fsp3) is 1.00. The second-order valence-electron chi connectivity index (χ2n) is 6.75. The molecule has 0 aromatic rings. The smallest absolute Gasteiger partial charge is 0.0243 e. The van der Waals surface area contributed by atoms with Crippen LogP contribution in [-0.4, -0.2) is 37.1 Å². The molecule has 1 N–H and O–H groups in total. The van der Waals surface area contributed by atoms with Crippen LogP contribution in [-0.2, 0) is 0 Å². The Labute approximate surface area is 102 Å². The van der Waals surface area contributed by atoms with Crippen LogP contribution >= 0.6 is 0 Å². The number of nitrogens with one attached hydrogen (secondary N) is 1. The summed E-state index contributed by atoms with van der Waals surface area (Å²) in [6.45, 7) is 16.4. The molecule has 1 unspecified atom stereocenters. The van der Waals surface area contributed by atoms with E-state index in [0.717, 1.165) is 25.0 Å². The van der Waals surface area contributed by atoms with Crippen LogP contribution in [0.4, 0.5) is 0 Å². The monoisotopic (exact) mass is 226 g/mol. The molecule has 0 radical (unpaired) electrons. The van der Waals surface area contributed by atoms with Crippen molar-refractivity contribution in [1.82, 2.24) is 10.2 Å². The van der Waals surface area contributed by atoms with Crippen molar-refractivity contribution in [1.29, 1.82) is 0 Å². The van der Waals surface area contributed by atoms with Crippen molar-refractivity contribution >= 4 is 0 Å². The van der Waals surface area contributed by atoms with Gasteiger partial charge in [0.15, 0.2) is 0 Å². The van der Waals surface area contributed by atoms with E-state index in [1.165, 1.54) is 25.9 Å². The van der Waals surface area contributed by atoms with Gasteiger partial charge in [0, 0.05) is 19.1 Å². The Morgan fingerprint density at radius 3 is 2.12 bits per heavy atom. The van der Waals surface area contributed by atoms with E-state index in [2.05, 4.69) is 44.8 Å². The van der Waals surface area contributed by atoms with Gasteiger partial charge in [0.1, 0.15) is 0 Å². The van der Waals surface area contributed by atoms with Crippen LogP contribution in [0.15, 0.2) is 0 Å². The molecule has 0 aliphatic carbocycles. The Bertz CT molecular complexity index is 187. The first-order valence-corrected chi connectivity index (χ1v) is 6.85. The highest BCUT2D eigenvalue weighted by Gasteiger charge is 2.24. The molecule has 0 amide bonds. The topological polar surface area (TPSA) is 15.3 Å². The van der Waals surface area contributed by atoms with Crippen LogP contribution in [0.25, 0.3) is 0 Å². The van der Waals surface area contributed by atoms with Crippen molar-refractivity contribution in [3.63, 3.8) is 0 Å². The van der Waals surface area contributed by atoms with E-state index in [1.807, 2.05) is 0 Å². The molecule has 2 nitrogen and oxygen atoms in total. The Morgan fingerprint density at radius 1 is 1.12 bits per heavy atom. The predicted molar refractivity (Wildman–Crippen MR) is 71.8 cm³/mol. The zero-order chi connectivity index (χ0) is 12.2. The first-order chi connectivity index (χ1) is 7.40. The average Bonchev–Trinajstić information content (AvgIpc) is 2.62. The van der Waals surface area contributed by atoms with E-state index in [0.29, 0.717) is 5.41 Å². The maximum atomic E-state index is 3.64. The van der Waals surface area contributed by atoms with Gasteiger partial charge in [-0.15, -0.1) is 0 Å². The number of hydrogen-bond donors (Lipinski definition) is 1. The molecule has 0 bridgehead atoms. The zero-order valence-electron chi connectivity index (χ0n) is 11.8. The van der Waals surface area contributed by atoms with Crippen LogP contribution in [0.2, 0.25) is 0 Å². The predicted octanol–water partition coefficient (Wildman–Crippen LogP) is 2.74. The van der Waals surface area contributed by atoms with Gasteiger partial charge in [0.25, 0.3) is 0 Å². The van der Waals surface area contributed by atoms with E-state index in [-0.39, 0.29) is 0 Å².